The Balaban J connectivity index is 2.03. The van der Waals surface area contributed by atoms with E-state index in [1.54, 1.807) is 20.4 Å². The van der Waals surface area contributed by atoms with Crippen LogP contribution >= 0.6 is 15.9 Å². The first-order valence-corrected chi connectivity index (χ1v) is 8.77. The van der Waals surface area contributed by atoms with E-state index in [0.717, 1.165) is 37.4 Å². The maximum atomic E-state index is 6.23. The third-order valence-corrected chi connectivity index (χ3v) is 4.88. The molecule has 6 heteroatoms. The van der Waals surface area contributed by atoms with Crippen LogP contribution in [0.15, 0.2) is 53.1 Å². The molecular formula is C20H16BrN3O2. The molecule has 2 N–H and O–H groups in total. The average Bonchev–Trinajstić information content (AvgIpc) is 2.67. The van der Waals surface area contributed by atoms with Crippen molar-refractivity contribution in [1.82, 2.24) is 9.97 Å². The van der Waals surface area contributed by atoms with Crippen molar-refractivity contribution in [1.29, 1.82) is 0 Å². The van der Waals surface area contributed by atoms with Crippen LogP contribution in [0.1, 0.15) is 0 Å². The fourth-order valence-electron chi connectivity index (χ4n) is 3.03. The predicted molar refractivity (Wildman–Crippen MR) is 108 cm³/mol. The van der Waals surface area contributed by atoms with Gasteiger partial charge in [-0.25, -0.2) is 4.98 Å². The summed E-state index contributed by atoms with van der Waals surface area (Å²) < 4.78 is 11.8. The maximum Gasteiger partial charge on any atom is 0.162 e. The van der Waals surface area contributed by atoms with Crippen molar-refractivity contribution in [2.45, 2.75) is 0 Å². The Morgan fingerprint density at radius 2 is 1.58 bits per heavy atom. The monoisotopic (exact) mass is 409 g/mol. The van der Waals surface area contributed by atoms with Crippen LogP contribution in [-0.4, -0.2) is 24.2 Å². The number of pyridine rings is 2. The Hall–Kier alpha value is -2.86. The summed E-state index contributed by atoms with van der Waals surface area (Å²) in [6, 6.07) is 13.8. The highest BCUT2D eigenvalue weighted by atomic mass is 79.9. The number of aromatic nitrogens is 2. The zero-order valence-corrected chi connectivity index (χ0v) is 15.9. The summed E-state index contributed by atoms with van der Waals surface area (Å²) in [5, 5.41) is 2.72. The number of fused-ring (bicyclic) bond motifs is 3. The van der Waals surface area contributed by atoms with Gasteiger partial charge in [0, 0.05) is 33.1 Å². The van der Waals surface area contributed by atoms with Gasteiger partial charge in [-0.2, -0.15) is 0 Å². The van der Waals surface area contributed by atoms with Crippen LogP contribution in [-0.2, 0) is 0 Å². The van der Waals surface area contributed by atoms with Crippen molar-refractivity contribution in [3.63, 3.8) is 0 Å². The molecule has 130 valence electrons. The molecule has 0 amide bonds. The van der Waals surface area contributed by atoms with Gasteiger partial charge < -0.3 is 15.2 Å². The minimum absolute atomic E-state index is 0.449. The minimum Gasteiger partial charge on any atom is -0.493 e. The van der Waals surface area contributed by atoms with Gasteiger partial charge in [0.2, 0.25) is 0 Å². The molecule has 0 fully saturated rings. The number of nitrogen functional groups attached to an aromatic ring is 1. The topological polar surface area (TPSA) is 70.3 Å². The molecule has 0 aliphatic carbocycles. The largest absolute Gasteiger partial charge is 0.493 e. The van der Waals surface area contributed by atoms with E-state index < -0.39 is 0 Å². The Bertz CT molecular complexity index is 1130. The molecule has 0 bridgehead atoms. The molecule has 4 aromatic rings. The number of ether oxygens (including phenoxy) is 2. The summed E-state index contributed by atoms with van der Waals surface area (Å²) in [6.07, 6.45) is 1.75. The second kappa shape index (κ2) is 6.46. The number of rotatable bonds is 3. The summed E-state index contributed by atoms with van der Waals surface area (Å²) in [5.41, 5.74) is 8.84. The number of nitrogens with two attached hydrogens (primary N) is 1. The molecule has 2 aromatic carbocycles. The molecule has 0 spiro atoms. The van der Waals surface area contributed by atoms with Gasteiger partial charge in [-0.05, 0) is 29.7 Å². The van der Waals surface area contributed by atoms with Gasteiger partial charge in [0.05, 0.1) is 25.4 Å². The molecule has 0 unspecified atom stereocenters. The average molecular weight is 410 g/mol. The minimum atomic E-state index is 0.449. The van der Waals surface area contributed by atoms with Gasteiger partial charge in [0.15, 0.2) is 11.5 Å². The summed E-state index contributed by atoms with van der Waals surface area (Å²) >= 11 is 3.46. The van der Waals surface area contributed by atoms with Gasteiger partial charge >= 0.3 is 0 Å². The van der Waals surface area contributed by atoms with Crippen LogP contribution in [0.2, 0.25) is 0 Å². The van der Waals surface area contributed by atoms with Crippen LogP contribution in [0.25, 0.3) is 32.9 Å². The van der Waals surface area contributed by atoms with Crippen molar-refractivity contribution in [2.75, 3.05) is 20.0 Å². The van der Waals surface area contributed by atoms with E-state index in [2.05, 4.69) is 25.9 Å². The summed E-state index contributed by atoms with van der Waals surface area (Å²) in [7, 11) is 3.23. The number of benzene rings is 2. The molecule has 5 nitrogen and oxygen atoms in total. The molecule has 26 heavy (non-hydrogen) atoms. The highest BCUT2D eigenvalue weighted by Gasteiger charge is 2.13. The van der Waals surface area contributed by atoms with Crippen LogP contribution in [0, 0.1) is 0 Å². The van der Waals surface area contributed by atoms with E-state index in [1.165, 1.54) is 0 Å². The third kappa shape index (κ3) is 2.72. The Labute approximate surface area is 158 Å². The van der Waals surface area contributed by atoms with Crippen LogP contribution in [0.5, 0.6) is 11.5 Å². The quantitative estimate of drug-likeness (QED) is 0.491. The second-order valence-electron chi connectivity index (χ2n) is 5.84. The van der Waals surface area contributed by atoms with E-state index in [0.29, 0.717) is 17.3 Å². The molecule has 0 aliphatic rings. The fraction of sp³-hybridized carbons (Fsp3) is 0.100. The van der Waals surface area contributed by atoms with Crippen LogP contribution in [0.4, 0.5) is 5.82 Å². The van der Waals surface area contributed by atoms with Crippen molar-refractivity contribution in [3.8, 4) is 22.8 Å². The van der Waals surface area contributed by atoms with E-state index in [1.807, 2.05) is 42.5 Å². The molecule has 0 saturated carbocycles. The zero-order valence-electron chi connectivity index (χ0n) is 14.3. The first kappa shape index (κ1) is 16.6. The van der Waals surface area contributed by atoms with Gasteiger partial charge in [-0.1, -0.05) is 28.1 Å². The molecule has 0 radical (unpaired) electrons. The van der Waals surface area contributed by atoms with Crippen molar-refractivity contribution >= 4 is 43.4 Å². The van der Waals surface area contributed by atoms with Gasteiger partial charge in [-0.15, -0.1) is 0 Å². The summed E-state index contributed by atoms with van der Waals surface area (Å²) in [4.78, 5) is 9.06. The molecule has 0 saturated heterocycles. The van der Waals surface area contributed by atoms with E-state index >= 15 is 0 Å². The summed E-state index contributed by atoms with van der Waals surface area (Å²) in [5.74, 6) is 1.74. The van der Waals surface area contributed by atoms with E-state index in [4.69, 9.17) is 15.2 Å². The van der Waals surface area contributed by atoms with Gasteiger partial charge in [0.25, 0.3) is 0 Å². The standard InChI is InChI=1S/C20H16BrN3O2/c1-25-18-8-14-13-7-16(11-3-5-12(21)6-4-11)24-20(22)15(13)10-23-17(14)9-19(18)26-2/h3-10H,1-2H3,(H2,22,24). The molecule has 0 aliphatic heterocycles. The number of nitrogens with zero attached hydrogens (tertiary/aromatic N) is 2. The Kier molecular flexibility index (Phi) is 4.12. The molecule has 4 rings (SSSR count). The Morgan fingerprint density at radius 3 is 2.27 bits per heavy atom. The molecule has 2 aromatic heterocycles. The fourth-order valence-corrected chi connectivity index (χ4v) is 3.29. The lowest BCUT2D eigenvalue weighted by atomic mass is 10.0. The number of hydrogen-bond donors (Lipinski definition) is 1. The number of anilines is 1. The normalized spacial score (nSPS) is 11.0. The maximum absolute atomic E-state index is 6.23. The van der Waals surface area contributed by atoms with Crippen LogP contribution < -0.4 is 15.2 Å². The molecule has 0 atom stereocenters. The number of hydrogen-bond acceptors (Lipinski definition) is 5. The summed E-state index contributed by atoms with van der Waals surface area (Å²) in [6.45, 7) is 0. The molecular weight excluding hydrogens is 394 g/mol. The van der Waals surface area contributed by atoms with Crippen molar-refractivity contribution in [3.05, 3.63) is 53.1 Å². The van der Waals surface area contributed by atoms with E-state index in [-0.39, 0.29) is 0 Å². The first-order chi connectivity index (χ1) is 12.6. The van der Waals surface area contributed by atoms with Gasteiger partial charge in [0.1, 0.15) is 5.82 Å². The highest BCUT2D eigenvalue weighted by Crippen LogP contribution is 2.36. The van der Waals surface area contributed by atoms with E-state index in [9.17, 15) is 0 Å². The predicted octanol–water partition coefficient (Wildman–Crippen LogP) is 4.81. The lowest BCUT2D eigenvalue weighted by Crippen LogP contribution is -1.97. The first-order valence-electron chi connectivity index (χ1n) is 7.97. The van der Waals surface area contributed by atoms with Gasteiger partial charge in [-0.3, -0.25) is 4.98 Å². The molecule has 2 heterocycles. The number of methoxy groups -OCH3 is 2. The number of halogens is 1. The smallest absolute Gasteiger partial charge is 0.162 e. The second-order valence-corrected chi connectivity index (χ2v) is 6.76. The zero-order chi connectivity index (χ0) is 18.3. The highest BCUT2D eigenvalue weighted by molar-refractivity contribution is 9.10. The lowest BCUT2D eigenvalue weighted by Gasteiger charge is -2.12. The van der Waals surface area contributed by atoms with Crippen molar-refractivity contribution < 1.29 is 9.47 Å². The SMILES string of the molecule is COc1cc2ncc3c(N)nc(-c4ccc(Br)cc4)cc3c2cc1OC. The Morgan fingerprint density at radius 1 is 0.885 bits per heavy atom. The third-order valence-electron chi connectivity index (χ3n) is 4.35. The lowest BCUT2D eigenvalue weighted by molar-refractivity contribution is 0.356. The van der Waals surface area contributed by atoms with Crippen molar-refractivity contribution in [2.24, 2.45) is 0 Å². The van der Waals surface area contributed by atoms with Crippen LogP contribution in [0.3, 0.4) is 0 Å².